The molecule has 30 heavy (non-hydrogen) atoms. The molecule has 0 atom stereocenters. The van der Waals surface area contributed by atoms with Crippen LogP contribution in [0.2, 0.25) is 0 Å². The molecular formula is C24H34ClN3O2. The number of hydrogen-bond donors (Lipinski definition) is 1. The van der Waals surface area contributed by atoms with Crippen molar-refractivity contribution in [3.05, 3.63) is 53.6 Å². The average Bonchev–Trinajstić information content (AvgIpc) is 2.97. The highest BCUT2D eigenvalue weighted by atomic mass is 35.5. The van der Waals surface area contributed by atoms with Gasteiger partial charge >= 0.3 is 0 Å². The number of quaternary nitrogens is 1. The summed E-state index contributed by atoms with van der Waals surface area (Å²) in [6.45, 7) is 3.36. The summed E-state index contributed by atoms with van der Waals surface area (Å²) in [7, 11) is 4.27. The lowest BCUT2D eigenvalue weighted by molar-refractivity contribution is -0.923. The molecule has 1 aliphatic carbocycles. The van der Waals surface area contributed by atoms with Crippen LogP contribution in [0.15, 0.2) is 52.7 Å². The van der Waals surface area contributed by atoms with Gasteiger partial charge in [-0.15, -0.1) is 0 Å². The average molecular weight is 432 g/mol. The number of rotatable bonds is 7. The van der Waals surface area contributed by atoms with E-state index in [0.717, 1.165) is 16.9 Å². The fourth-order valence-electron chi connectivity index (χ4n) is 3.71. The summed E-state index contributed by atoms with van der Waals surface area (Å²) in [5.41, 5.74) is 3.61. The van der Waals surface area contributed by atoms with E-state index in [2.05, 4.69) is 24.3 Å². The van der Waals surface area contributed by atoms with Gasteiger partial charge in [0.2, 0.25) is 0 Å². The fourth-order valence-corrected chi connectivity index (χ4v) is 3.71. The monoisotopic (exact) mass is 431 g/mol. The van der Waals surface area contributed by atoms with Crippen LogP contribution >= 0.6 is 0 Å². The number of aryl methyl sites for hydroxylation is 1. The number of ether oxygens (including phenoxy) is 1. The van der Waals surface area contributed by atoms with Gasteiger partial charge in [-0.1, -0.05) is 43.4 Å². The fraction of sp³-hybridized carbons (Fsp3) is 0.500. The Labute approximate surface area is 186 Å². The van der Waals surface area contributed by atoms with Crippen LogP contribution in [0.25, 0.3) is 0 Å². The zero-order chi connectivity index (χ0) is 20.7. The third kappa shape index (κ3) is 7.71. The summed E-state index contributed by atoms with van der Waals surface area (Å²) in [5.74, 6) is 0.292. The first-order valence-corrected chi connectivity index (χ1v) is 10.7. The van der Waals surface area contributed by atoms with Gasteiger partial charge in [-0.25, -0.2) is 0 Å². The topological polar surface area (TPSA) is 54.2 Å². The lowest BCUT2D eigenvalue weighted by Gasteiger charge is -2.31. The predicted molar refractivity (Wildman–Crippen MR) is 117 cm³/mol. The minimum atomic E-state index is 0. The maximum absolute atomic E-state index is 10.3. The number of hydrogen-bond acceptors (Lipinski definition) is 4. The zero-order valence-corrected chi connectivity index (χ0v) is 19.1. The lowest BCUT2D eigenvalue weighted by atomic mass is 10.1. The number of phenols is 1. The highest BCUT2D eigenvalue weighted by molar-refractivity contribution is 5.47. The van der Waals surface area contributed by atoms with Crippen LogP contribution in [0, 0.1) is 6.92 Å². The third-order valence-corrected chi connectivity index (χ3v) is 5.44. The van der Waals surface area contributed by atoms with Gasteiger partial charge in [0, 0.05) is 0 Å². The molecule has 0 bridgehead atoms. The molecule has 1 aliphatic rings. The highest BCUT2D eigenvalue weighted by Crippen LogP contribution is 2.28. The first-order valence-electron chi connectivity index (χ1n) is 10.7. The molecule has 0 heterocycles. The third-order valence-electron chi connectivity index (χ3n) is 5.44. The number of aromatic hydroxyl groups is 1. The van der Waals surface area contributed by atoms with Crippen molar-refractivity contribution in [2.75, 3.05) is 20.8 Å². The van der Waals surface area contributed by atoms with E-state index < -0.39 is 0 Å². The van der Waals surface area contributed by atoms with Crippen LogP contribution in [0.4, 0.5) is 11.4 Å². The molecule has 2 aromatic carbocycles. The van der Waals surface area contributed by atoms with Gasteiger partial charge in [0.1, 0.15) is 12.3 Å². The Morgan fingerprint density at radius 1 is 0.933 bits per heavy atom. The molecule has 0 saturated heterocycles. The highest BCUT2D eigenvalue weighted by Gasteiger charge is 2.22. The minimum Gasteiger partial charge on any atom is -1.00 e. The molecule has 0 unspecified atom stereocenters. The number of nitrogens with zero attached hydrogens (tertiary/aromatic N) is 3. The molecular weight excluding hydrogens is 398 g/mol. The summed E-state index contributed by atoms with van der Waals surface area (Å²) in [4.78, 5) is 0. The van der Waals surface area contributed by atoms with E-state index in [4.69, 9.17) is 4.74 Å². The molecule has 3 rings (SSSR count). The van der Waals surface area contributed by atoms with E-state index in [9.17, 15) is 5.11 Å². The van der Waals surface area contributed by atoms with E-state index in [1.165, 1.54) is 44.1 Å². The Hall–Kier alpha value is -1.95. The SMILES string of the molecule is Cc1ccc(N=Nc2ccc(O)c(C[N+](C)(C)COC3CCCCCC3)c2)cc1.[Cl-]. The molecule has 164 valence electrons. The van der Waals surface area contributed by atoms with Gasteiger partial charge in [0.15, 0.2) is 6.73 Å². The smallest absolute Gasteiger partial charge is 0.183 e. The lowest BCUT2D eigenvalue weighted by Crippen LogP contribution is -3.00. The van der Waals surface area contributed by atoms with E-state index in [1.807, 2.05) is 37.3 Å². The predicted octanol–water partition coefficient (Wildman–Crippen LogP) is 3.39. The van der Waals surface area contributed by atoms with Crippen molar-refractivity contribution in [3.63, 3.8) is 0 Å². The van der Waals surface area contributed by atoms with E-state index >= 15 is 0 Å². The van der Waals surface area contributed by atoms with E-state index in [1.54, 1.807) is 12.1 Å². The Morgan fingerprint density at radius 2 is 1.53 bits per heavy atom. The number of benzene rings is 2. The molecule has 1 N–H and O–H groups in total. The number of halogens is 1. The summed E-state index contributed by atoms with van der Waals surface area (Å²) < 4.78 is 6.89. The molecule has 0 spiro atoms. The van der Waals surface area contributed by atoms with Crippen molar-refractivity contribution in [2.24, 2.45) is 10.2 Å². The molecule has 0 aliphatic heterocycles. The summed E-state index contributed by atoms with van der Waals surface area (Å²) in [6, 6.07) is 13.3. The van der Waals surface area contributed by atoms with Crippen LogP contribution in [0.3, 0.4) is 0 Å². The van der Waals surface area contributed by atoms with Gasteiger partial charge in [0.25, 0.3) is 0 Å². The van der Waals surface area contributed by atoms with Crippen LogP contribution in [-0.4, -0.2) is 36.5 Å². The first-order chi connectivity index (χ1) is 13.9. The van der Waals surface area contributed by atoms with Crippen LogP contribution in [0.5, 0.6) is 5.75 Å². The quantitative estimate of drug-likeness (QED) is 0.316. The molecule has 5 nitrogen and oxygen atoms in total. The normalized spacial score (nSPS) is 15.7. The Morgan fingerprint density at radius 3 is 2.20 bits per heavy atom. The Kier molecular flexibility index (Phi) is 9.28. The van der Waals surface area contributed by atoms with E-state index in [0.29, 0.717) is 29.6 Å². The standard InChI is InChI=1S/C24H33N3O2.ClH/c1-19-10-12-21(13-11-19)25-26-22-14-15-24(28)20(16-22)17-27(2,3)18-29-23-8-6-4-5-7-9-23;/h10-16,23H,4-9,17-18H2,1-3H3;1H. The molecule has 1 fully saturated rings. The molecule has 1 saturated carbocycles. The number of azo groups is 1. The van der Waals surface area contributed by atoms with Crippen molar-refractivity contribution < 1.29 is 26.7 Å². The minimum absolute atomic E-state index is 0. The molecule has 0 amide bonds. The van der Waals surface area contributed by atoms with Gasteiger partial charge in [-0.2, -0.15) is 10.2 Å². The van der Waals surface area contributed by atoms with Crippen molar-refractivity contribution in [1.29, 1.82) is 0 Å². The molecule has 0 radical (unpaired) electrons. The molecule has 2 aromatic rings. The summed E-state index contributed by atoms with van der Waals surface area (Å²) in [6.07, 6.45) is 7.91. The summed E-state index contributed by atoms with van der Waals surface area (Å²) >= 11 is 0. The number of phenolic OH excluding ortho intramolecular Hbond substituents is 1. The van der Waals surface area contributed by atoms with E-state index in [-0.39, 0.29) is 12.4 Å². The zero-order valence-electron chi connectivity index (χ0n) is 18.4. The second kappa shape index (κ2) is 11.4. The van der Waals surface area contributed by atoms with Crippen molar-refractivity contribution >= 4 is 11.4 Å². The van der Waals surface area contributed by atoms with Gasteiger partial charge < -0.3 is 26.7 Å². The van der Waals surface area contributed by atoms with Gasteiger partial charge in [-0.05, 0) is 50.1 Å². The van der Waals surface area contributed by atoms with Crippen LogP contribution in [-0.2, 0) is 11.3 Å². The Balaban J connectivity index is 0.00000320. The van der Waals surface area contributed by atoms with Gasteiger partial charge in [0.05, 0.1) is 37.1 Å². The van der Waals surface area contributed by atoms with Crippen molar-refractivity contribution in [1.82, 2.24) is 0 Å². The molecule has 0 aromatic heterocycles. The second-order valence-corrected chi connectivity index (χ2v) is 8.85. The largest absolute Gasteiger partial charge is 1.00 e. The van der Waals surface area contributed by atoms with Crippen LogP contribution < -0.4 is 12.4 Å². The molecule has 6 heteroatoms. The maximum Gasteiger partial charge on any atom is 0.183 e. The Bertz CT molecular complexity index is 814. The van der Waals surface area contributed by atoms with Gasteiger partial charge in [-0.3, -0.25) is 0 Å². The van der Waals surface area contributed by atoms with Crippen molar-refractivity contribution in [2.45, 2.75) is 58.1 Å². The van der Waals surface area contributed by atoms with Crippen LogP contribution in [0.1, 0.15) is 49.7 Å². The first kappa shape index (κ1) is 24.3. The van der Waals surface area contributed by atoms with Crippen molar-refractivity contribution in [3.8, 4) is 5.75 Å². The maximum atomic E-state index is 10.3. The second-order valence-electron chi connectivity index (χ2n) is 8.85. The summed E-state index contributed by atoms with van der Waals surface area (Å²) in [5, 5.41) is 19.0.